The molecule has 2 aromatic carbocycles. The van der Waals surface area contributed by atoms with Gasteiger partial charge in [0.1, 0.15) is 27.4 Å². The van der Waals surface area contributed by atoms with Gasteiger partial charge < -0.3 is 51.6 Å². The number of halogens is 5. The van der Waals surface area contributed by atoms with Gasteiger partial charge in [-0.1, -0.05) is 47.5 Å². The maximum atomic E-state index is 12.8. The second-order valence-corrected chi connectivity index (χ2v) is 18.4. The number of H-pyrrole nitrogens is 2. The molecule has 0 unspecified atom stereocenters. The number of carboxylic acids is 1. The number of nitrogens with zero attached hydrogens (tertiary/aromatic N) is 2. The van der Waals surface area contributed by atoms with E-state index in [1.165, 1.54) is 19.2 Å². The van der Waals surface area contributed by atoms with Crippen molar-refractivity contribution in [3.63, 3.8) is 0 Å². The van der Waals surface area contributed by atoms with Gasteiger partial charge in [-0.3, -0.25) is 29.4 Å². The summed E-state index contributed by atoms with van der Waals surface area (Å²) in [6.45, 7) is 5.19. The minimum Gasteiger partial charge on any atom is -0.475 e. The van der Waals surface area contributed by atoms with Gasteiger partial charge in [0.25, 0.3) is 23.6 Å². The van der Waals surface area contributed by atoms with Crippen LogP contribution in [0.4, 0.5) is 18.0 Å². The van der Waals surface area contributed by atoms with Gasteiger partial charge in [-0.2, -0.15) is 23.4 Å². The number of aliphatic carboxylic acids is 1. The number of fused-ring (bicyclic) bond motifs is 2. The molecule has 6 rings (SSSR count). The second-order valence-electron chi connectivity index (χ2n) is 15.5. The first-order valence-corrected chi connectivity index (χ1v) is 23.0. The van der Waals surface area contributed by atoms with Gasteiger partial charge >= 0.3 is 30.2 Å². The van der Waals surface area contributed by atoms with Crippen LogP contribution in [-0.2, 0) is 41.7 Å². The molecule has 22 nitrogen and oxygen atoms in total. The maximum absolute atomic E-state index is 12.8. The highest BCUT2D eigenvalue weighted by molar-refractivity contribution is 7.17. The standard InChI is InChI=1S/C23H26ClN5O6S.C18H18ClN5O4S.C2HF3O2/c1-23(2,3)35-22(33)26-11-16(21(32)34-4)28-20(31)18-14(24)8-17(36-18)19(30)25-9-12-6-5-7-15-13(12)10-27-29-15;1-28-18(27)13(6-20)23-17(26)15-11(19)5-14(29-15)16(25)21-7-9-3-2-4-12-10(9)8-22-24-12;3-2(4,5)1(6)7/h5-8,10,16H,9,11H2,1-4H3,(H,25,30)(H,26,33)(H,27,29)(H,28,31);2-5,8,13H,6-7,20H2,1H3,(H,21,25)(H,22,24)(H,23,26);(H,6,7)/t16-;13-;/m00./s1. The van der Waals surface area contributed by atoms with Crippen LogP contribution in [-0.4, -0.2) is 124 Å². The highest BCUT2D eigenvalue weighted by Gasteiger charge is 2.38. The van der Waals surface area contributed by atoms with Crippen LogP contribution < -0.4 is 32.3 Å². The number of alkyl halides is 3. The number of nitrogens with one attached hydrogen (secondary N) is 7. The lowest BCUT2D eigenvalue weighted by molar-refractivity contribution is -0.192. The Bertz CT molecular complexity index is 2940. The summed E-state index contributed by atoms with van der Waals surface area (Å²) >= 11 is 14.1. The number of nitrogens with two attached hydrogens (primary N) is 1. The molecule has 10 N–H and O–H groups in total. The fourth-order valence-electron chi connectivity index (χ4n) is 5.80. The monoisotopic (exact) mass is 1080 g/mol. The molecule has 0 saturated carbocycles. The van der Waals surface area contributed by atoms with Crippen molar-refractivity contribution in [3.05, 3.63) is 102 Å². The van der Waals surface area contributed by atoms with E-state index < -0.39 is 65.6 Å². The fourth-order valence-corrected chi connectivity index (χ4v) is 8.29. The zero-order chi connectivity index (χ0) is 53.5. The van der Waals surface area contributed by atoms with Crippen LogP contribution >= 0.6 is 45.9 Å². The molecule has 0 fully saturated rings. The van der Waals surface area contributed by atoms with E-state index in [0.717, 1.165) is 62.7 Å². The smallest absolute Gasteiger partial charge is 0.475 e. The fraction of sp³-hybridized carbons (Fsp3) is 0.302. The Kier molecular flexibility index (Phi) is 20.4. The summed E-state index contributed by atoms with van der Waals surface area (Å²) in [4.78, 5) is 95.6. The van der Waals surface area contributed by atoms with Crippen molar-refractivity contribution in [1.82, 2.24) is 47.0 Å². The Hall–Kier alpha value is -7.33. The van der Waals surface area contributed by atoms with Crippen molar-refractivity contribution >= 4 is 115 Å². The number of esters is 2. The van der Waals surface area contributed by atoms with Crippen molar-refractivity contribution in [2.45, 2.75) is 57.7 Å². The quantitative estimate of drug-likeness (QED) is 0.0479. The number of benzene rings is 2. The first-order chi connectivity index (χ1) is 33.9. The van der Waals surface area contributed by atoms with E-state index in [4.69, 9.17) is 48.3 Å². The molecule has 386 valence electrons. The van der Waals surface area contributed by atoms with Crippen LogP contribution in [0, 0.1) is 0 Å². The maximum Gasteiger partial charge on any atom is 0.490 e. The summed E-state index contributed by atoms with van der Waals surface area (Å²) in [5, 5.41) is 35.7. The number of carboxylic acid groups (broad SMARTS) is 1. The van der Waals surface area contributed by atoms with E-state index in [-0.39, 0.29) is 61.6 Å². The van der Waals surface area contributed by atoms with Gasteiger partial charge in [-0.25, -0.2) is 19.2 Å². The number of carbonyl (C=O) groups excluding carboxylic acids is 7. The summed E-state index contributed by atoms with van der Waals surface area (Å²) in [6, 6.07) is 11.8. The number of methoxy groups -OCH3 is 2. The average Bonchev–Trinajstić information content (AvgIpc) is 4.16. The molecule has 29 heteroatoms. The summed E-state index contributed by atoms with van der Waals surface area (Å²) in [6.07, 6.45) is -2.47. The average molecular weight is 1090 g/mol. The number of ether oxygens (including phenoxy) is 3. The van der Waals surface area contributed by atoms with E-state index in [9.17, 15) is 46.7 Å². The number of alkyl carbamates (subject to hydrolysis) is 1. The number of hydrogen-bond acceptors (Lipinski definition) is 16. The third-order valence-corrected chi connectivity index (χ3v) is 12.3. The number of carbonyl (C=O) groups is 8. The molecule has 0 radical (unpaired) electrons. The summed E-state index contributed by atoms with van der Waals surface area (Å²) in [7, 11) is 2.35. The Balaban J connectivity index is 0.000000280. The Morgan fingerprint density at radius 2 is 1.12 bits per heavy atom. The number of amides is 5. The number of aromatic nitrogens is 4. The van der Waals surface area contributed by atoms with E-state index in [2.05, 4.69) is 51.7 Å². The second kappa shape index (κ2) is 25.7. The summed E-state index contributed by atoms with van der Waals surface area (Å²) in [5.41, 5.74) is 8.23. The highest BCUT2D eigenvalue weighted by Crippen LogP contribution is 2.29. The molecule has 5 amide bonds. The first-order valence-electron chi connectivity index (χ1n) is 20.6. The SMILES string of the molecule is COC(=O)[C@H](CN)NC(=O)c1sc(C(=O)NCc2cccc3[nH]ncc23)cc1Cl.COC(=O)[C@H](CNC(=O)OC(C)(C)C)NC(=O)c1sc(C(=O)NCc2cccc3[nH]ncc23)cc1Cl.O=C(O)C(F)(F)F. The molecule has 72 heavy (non-hydrogen) atoms. The molecule has 0 spiro atoms. The molecule has 2 atom stereocenters. The first kappa shape index (κ1) is 57.3. The van der Waals surface area contributed by atoms with Gasteiger partial charge in [0.15, 0.2) is 0 Å². The molecule has 0 saturated heterocycles. The van der Waals surface area contributed by atoms with Crippen LogP contribution in [0.3, 0.4) is 0 Å². The Labute approximate surface area is 423 Å². The van der Waals surface area contributed by atoms with Crippen LogP contribution in [0.1, 0.15) is 70.6 Å². The van der Waals surface area contributed by atoms with E-state index in [1.54, 1.807) is 33.2 Å². The third kappa shape index (κ3) is 16.4. The lowest BCUT2D eigenvalue weighted by Crippen LogP contribution is -2.49. The molecular formula is C43H45Cl2F3N10O12S2. The van der Waals surface area contributed by atoms with E-state index in [0.29, 0.717) is 0 Å². The van der Waals surface area contributed by atoms with Crippen LogP contribution in [0.5, 0.6) is 0 Å². The molecule has 0 aliphatic carbocycles. The minimum absolute atomic E-state index is 0.0323. The van der Waals surface area contributed by atoms with Crippen molar-refractivity contribution in [3.8, 4) is 0 Å². The number of aromatic amines is 2. The zero-order valence-corrected chi connectivity index (χ0v) is 41.5. The topological polar surface area (TPSA) is 328 Å². The molecule has 4 heterocycles. The van der Waals surface area contributed by atoms with Gasteiger partial charge in [0, 0.05) is 30.4 Å². The lowest BCUT2D eigenvalue weighted by Gasteiger charge is -2.21. The van der Waals surface area contributed by atoms with Crippen LogP contribution in [0.15, 0.2) is 60.9 Å². The van der Waals surface area contributed by atoms with Gasteiger partial charge in [-0.05, 0) is 56.2 Å². The van der Waals surface area contributed by atoms with Crippen molar-refractivity contribution in [2.24, 2.45) is 5.73 Å². The lowest BCUT2D eigenvalue weighted by atomic mass is 10.1. The molecular weight excluding hydrogens is 1040 g/mol. The van der Waals surface area contributed by atoms with E-state index in [1.807, 2.05) is 36.4 Å². The normalized spacial score (nSPS) is 11.9. The Morgan fingerprint density at radius 3 is 1.51 bits per heavy atom. The summed E-state index contributed by atoms with van der Waals surface area (Å²) in [5.74, 6) is -6.31. The number of thiophene rings is 2. The predicted octanol–water partition coefficient (Wildman–Crippen LogP) is 5.08. The minimum atomic E-state index is -5.08. The molecule has 0 bridgehead atoms. The van der Waals surface area contributed by atoms with Gasteiger partial charge in [0.2, 0.25) is 0 Å². The highest BCUT2D eigenvalue weighted by atomic mass is 35.5. The molecule has 6 aromatic rings. The molecule has 0 aliphatic heterocycles. The number of rotatable bonds is 15. The van der Waals surface area contributed by atoms with Crippen LogP contribution in [0.25, 0.3) is 21.8 Å². The van der Waals surface area contributed by atoms with Gasteiger partial charge in [0.05, 0.1) is 64.0 Å². The predicted molar refractivity (Wildman–Crippen MR) is 257 cm³/mol. The van der Waals surface area contributed by atoms with Crippen molar-refractivity contribution < 1.29 is 70.8 Å². The Morgan fingerprint density at radius 1 is 0.708 bits per heavy atom. The van der Waals surface area contributed by atoms with E-state index >= 15 is 0 Å². The zero-order valence-electron chi connectivity index (χ0n) is 38.4. The largest absolute Gasteiger partial charge is 0.490 e. The van der Waals surface area contributed by atoms with Crippen LogP contribution in [0.2, 0.25) is 10.0 Å². The third-order valence-electron chi connectivity index (χ3n) is 9.17. The molecule has 4 aromatic heterocycles. The number of hydrogen-bond donors (Lipinski definition) is 9. The van der Waals surface area contributed by atoms with Crippen molar-refractivity contribution in [1.29, 1.82) is 0 Å². The summed E-state index contributed by atoms with van der Waals surface area (Å²) < 4.78 is 46.2. The molecule has 0 aliphatic rings. The van der Waals surface area contributed by atoms with Crippen molar-refractivity contribution in [2.75, 3.05) is 27.3 Å². The van der Waals surface area contributed by atoms with Gasteiger partial charge in [-0.15, -0.1) is 22.7 Å².